The van der Waals surface area contributed by atoms with E-state index < -0.39 is 4.92 Å². The Labute approximate surface area is 104 Å². The van der Waals surface area contributed by atoms with Gasteiger partial charge < -0.3 is 11.1 Å². The second kappa shape index (κ2) is 4.75. The Morgan fingerprint density at radius 1 is 1.17 bits per heavy atom. The van der Waals surface area contributed by atoms with Gasteiger partial charge >= 0.3 is 0 Å². The summed E-state index contributed by atoms with van der Waals surface area (Å²) in [6, 6.07) is 12.2. The first-order valence-electron chi connectivity index (χ1n) is 5.43. The number of nitro benzene ring substituents is 1. The summed E-state index contributed by atoms with van der Waals surface area (Å²) < 4.78 is 0. The van der Waals surface area contributed by atoms with E-state index in [2.05, 4.69) is 5.32 Å². The minimum atomic E-state index is -0.461. The molecule has 0 saturated carbocycles. The van der Waals surface area contributed by atoms with Crippen LogP contribution in [0.2, 0.25) is 0 Å². The second-order valence-corrected chi connectivity index (χ2v) is 4.06. The highest BCUT2D eigenvalue weighted by molar-refractivity contribution is 5.67. The fraction of sp³-hybridized carbons (Fsp3) is 0.0769. The summed E-state index contributed by atoms with van der Waals surface area (Å²) in [5.74, 6) is 0. The average molecular weight is 243 g/mol. The quantitative estimate of drug-likeness (QED) is 0.492. The van der Waals surface area contributed by atoms with Gasteiger partial charge in [-0.2, -0.15) is 0 Å². The van der Waals surface area contributed by atoms with Crippen molar-refractivity contribution < 1.29 is 4.92 Å². The van der Waals surface area contributed by atoms with Crippen LogP contribution in [0.1, 0.15) is 5.56 Å². The van der Waals surface area contributed by atoms with Gasteiger partial charge in [-0.05, 0) is 30.7 Å². The molecule has 0 aliphatic heterocycles. The van der Waals surface area contributed by atoms with Crippen LogP contribution < -0.4 is 11.1 Å². The highest BCUT2D eigenvalue weighted by Gasteiger charge is 2.08. The monoisotopic (exact) mass is 243 g/mol. The lowest BCUT2D eigenvalue weighted by Gasteiger charge is -2.08. The number of nitrogens with two attached hydrogens (primary N) is 1. The standard InChI is InChI=1S/C13H13N3O2/c1-9-3-2-4-11(5-9)15-12-6-10(14)7-13(8-12)16(17)18/h2-8,15H,14H2,1H3. The summed E-state index contributed by atoms with van der Waals surface area (Å²) in [7, 11) is 0. The molecule has 2 aromatic carbocycles. The maximum Gasteiger partial charge on any atom is 0.273 e. The van der Waals surface area contributed by atoms with Crippen molar-refractivity contribution in [1.29, 1.82) is 0 Å². The number of anilines is 3. The molecule has 0 radical (unpaired) electrons. The number of nitrogen functional groups attached to an aromatic ring is 1. The first-order chi connectivity index (χ1) is 8.54. The zero-order valence-corrected chi connectivity index (χ0v) is 9.88. The number of nitrogens with zero attached hydrogens (tertiary/aromatic N) is 1. The predicted molar refractivity (Wildman–Crippen MR) is 72.0 cm³/mol. The molecule has 0 saturated heterocycles. The van der Waals surface area contributed by atoms with Crippen molar-refractivity contribution in [2.75, 3.05) is 11.1 Å². The van der Waals surface area contributed by atoms with Crippen molar-refractivity contribution in [2.24, 2.45) is 0 Å². The SMILES string of the molecule is Cc1cccc(Nc2cc(N)cc([N+](=O)[O-])c2)c1. The van der Waals surface area contributed by atoms with Crippen LogP contribution in [0.4, 0.5) is 22.7 Å². The highest BCUT2D eigenvalue weighted by atomic mass is 16.6. The van der Waals surface area contributed by atoms with Gasteiger partial charge in [-0.1, -0.05) is 12.1 Å². The van der Waals surface area contributed by atoms with E-state index in [1.54, 1.807) is 6.07 Å². The Morgan fingerprint density at radius 2 is 1.94 bits per heavy atom. The summed E-state index contributed by atoms with van der Waals surface area (Å²) in [5.41, 5.74) is 8.56. The van der Waals surface area contributed by atoms with Gasteiger partial charge in [0, 0.05) is 29.2 Å². The lowest BCUT2D eigenvalue weighted by atomic mass is 10.2. The van der Waals surface area contributed by atoms with Gasteiger partial charge in [-0.25, -0.2) is 0 Å². The van der Waals surface area contributed by atoms with Crippen molar-refractivity contribution in [2.45, 2.75) is 6.92 Å². The molecule has 0 heterocycles. The zero-order chi connectivity index (χ0) is 13.1. The van der Waals surface area contributed by atoms with Gasteiger partial charge in [-0.3, -0.25) is 10.1 Å². The van der Waals surface area contributed by atoms with Gasteiger partial charge in [0.15, 0.2) is 0 Å². The lowest BCUT2D eigenvalue weighted by Crippen LogP contribution is -1.96. The number of aryl methyl sites for hydroxylation is 1. The molecule has 0 fully saturated rings. The summed E-state index contributed by atoms with van der Waals surface area (Å²) in [6.07, 6.45) is 0. The molecule has 5 nitrogen and oxygen atoms in total. The van der Waals surface area contributed by atoms with E-state index in [1.807, 2.05) is 31.2 Å². The summed E-state index contributed by atoms with van der Waals surface area (Å²) in [5, 5.41) is 13.8. The largest absolute Gasteiger partial charge is 0.398 e. The van der Waals surface area contributed by atoms with E-state index in [0.717, 1.165) is 11.3 Å². The smallest absolute Gasteiger partial charge is 0.273 e. The number of nitrogens with one attached hydrogen (secondary N) is 1. The van der Waals surface area contributed by atoms with E-state index in [0.29, 0.717) is 11.4 Å². The van der Waals surface area contributed by atoms with Gasteiger partial charge in [0.05, 0.1) is 4.92 Å². The number of non-ortho nitro benzene ring substituents is 1. The van der Waals surface area contributed by atoms with E-state index in [1.165, 1.54) is 12.1 Å². The van der Waals surface area contributed by atoms with Crippen molar-refractivity contribution in [3.63, 3.8) is 0 Å². The first-order valence-corrected chi connectivity index (χ1v) is 5.43. The summed E-state index contributed by atoms with van der Waals surface area (Å²) in [6.45, 7) is 1.98. The average Bonchev–Trinajstić information content (AvgIpc) is 2.28. The normalized spacial score (nSPS) is 10.1. The van der Waals surface area contributed by atoms with Crippen molar-refractivity contribution in [3.05, 3.63) is 58.1 Å². The number of nitro groups is 1. The minimum absolute atomic E-state index is 0.0230. The molecule has 3 N–H and O–H groups in total. The molecule has 0 aromatic heterocycles. The number of benzene rings is 2. The third-order valence-electron chi connectivity index (χ3n) is 2.46. The Hall–Kier alpha value is -2.56. The van der Waals surface area contributed by atoms with E-state index in [9.17, 15) is 10.1 Å². The molecule has 0 bridgehead atoms. The van der Waals surface area contributed by atoms with E-state index in [-0.39, 0.29) is 5.69 Å². The van der Waals surface area contributed by atoms with Crippen LogP contribution in [0.5, 0.6) is 0 Å². The van der Waals surface area contributed by atoms with Crippen LogP contribution in [0.25, 0.3) is 0 Å². The maximum absolute atomic E-state index is 10.7. The van der Waals surface area contributed by atoms with Crippen LogP contribution in [-0.2, 0) is 0 Å². The van der Waals surface area contributed by atoms with Gasteiger partial charge in [0.2, 0.25) is 0 Å². The fourth-order valence-corrected chi connectivity index (χ4v) is 1.70. The molecular formula is C13H13N3O2. The zero-order valence-electron chi connectivity index (χ0n) is 9.88. The van der Waals surface area contributed by atoms with Crippen molar-refractivity contribution in [3.8, 4) is 0 Å². The van der Waals surface area contributed by atoms with Crippen LogP contribution in [0, 0.1) is 17.0 Å². The van der Waals surface area contributed by atoms with Gasteiger partial charge in [-0.15, -0.1) is 0 Å². The number of rotatable bonds is 3. The molecular weight excluding hydrogens is 230 g/mol. The summed E-state index contributed by atoms with van der Waals surface area (Å²) in [4.78, 5) is 10.3. The molecule has 0 atom stereocenters. The first kappa shape index (κ1) is 11.9. The highest BCUT2D eigenvalue weighted by Crippen LogP contribution is 2.25. The Balaban J connectivity index is 2.31. The fourth-order valence-electron chi connectivity index (χ4n) is 1.70. The van der Waals surface area contributed by atoms with E-state index in [4.69, 9.17) is 5.73 Å². The molecule has 0 unspecified atom stereocenters. The third kappa shape index (κ3) is 2.76. The van der Waals surface area contributed by atoms with Gasteiger partial charge in [0.1, 0.15) is 0 Å². The maximum atomic E-state index is 10.7. The number of hydrogen-bond donors (Lipinski definition) is 2. The van der Waals surface area contributed by atoms with Crippen LogP contribution >= 0.6 is 0 Å². The van der Waals surface area contributed by atoms with Crippen LogP contribution in [0.3, 0.4) is 0 Å². The molecule has 2 aromatic rings. The predicted octanol–water partition coefficient (Wildman–Crippen LogP) is 3.23. The van der Waals surface area contributed by atoms with Crippen molar-refractivity contribution >= 4 is 22.7 Å². The van der Waals surface area contributed by atoms with Gasteiger partial charge in [0.25, 0.3) is 5.69 Å². The van der Waals surface area contributed by atoms with Crippen molar-refractivity contribution in [1.82, 2.24) is 0 Å². The molecule has 5 heteroatoms. The molecule has 0 spiro atoms. The van der Waals surface area contributed by atoms with Crippen LogP contribution in [-0.4, -0.2) is 4.92 Å². The third-order valence-corrected chi connectivity index (χ3v) is 2.46. The topological polar surface area (TPSA) is 81.2 Å². The minimum Gasteiger partial charge on any atom is -0.398 e. The summed E-state index contributed by atoms with van der Waals surface area (Å²) >= 11 is 0. The van der Waals surface area contributed by atoms with Crippen LogP contribution in [0.15, 0.2) is 42.5 Å². The number of hydrogen-bond acceptors (Lipinski definition) is 4. The molecule has 0 aliphatic carbocycles. The van der Waals surface area contributed by atoms with E-state index >= 15 is 0 Å². The Morgan fingerprint density at radius 3 is 2.61 bits per heavy atom. The Kier molecular flexibility index (Phi) is 3.14. The molecule has 92 valence electrons. The molecule has 2 rings (SSSR count). The second-order valence-electron chi connectivity index (χ2n) is 4.06. The molecule has 0 aliphatic rings. The molecule has 0 amide bonds. The molecule has 18 heavy (non-hydrogen) atoms. The lowest BCUT2D eigenvalue weighted by molar-refractivity contribution is -0.384. The Bertz CT molecular complexity index is 597.